The first-order valence-corrected chi connectivity index (χ1v) is 8.64. The van der Waals surface area contributed by atoms with E-state index in [9.17, 15) is 0 Å². The average molecular weight is 386 g/mol. The molecule has 0 aliphatic rings. The maximum atomic E-state index is 7.97. The van der Waals surface area contributed by atoms with Crippen molar-refractivity contribution in [2.75, 3.05) is 26.6 Å². The molecule has 3 rings (SSSR count). The Kier molecular flexibility index (Phi) is 5.41. The fourth-order valence-corrected chi connectivity index (χ4v) is 3.21. The van der Waals surface area contributed by atoms with Crippen LogP contribution in [0.25, 0.3) is 10.2 Å². The van der Waals surface area contributed by atoms with Crippen LogP contribution in [0.3, 0.4) is 0 Å². The van der Waals surface area contributed by atoms with Crippen molar-refractivity contribution in [3.8, 4) is 17.2 Å². The highest BCUT2D eigenvalue weighted by Gasteiger charge is 2.13. The molecule has 0 atom stereocenters. The number of nitrogens with one attached hydrogen (secondary N) is 3. The van der Waals surface area contributed by atoms with E-state index in [1.807, 2.05) is 6.07 Å². The van der Waals surface area contributed by atoms with Gasteiger partial charge in [0.1, 0.15) is 5.75 Å². The summed E-state index contributed by atoms with van der Waals surface area (Å²) in [5.74, 6) is 1.71. The molecule has 140 valence electrons. The number of amidine groups is 1. The molecule has 0 aliphatic carbocycles. The predicted molar refractivity (Wildman–Crippen MR) is 105 cm³/mol. The number of hydrogen-bond donors (Lipinski definition) is 3. The van der Waals surface area contributed by atoms with E-state index in [1.54, 1.807) is 51.7 Å². The third kappa shape index (κ3) is 4.09. The highest BCUT2D eigenvalue weighted by molar-refractivity contribution is 7.22. The summed E-state index contributed by atoms with van der Waals surface area (Å²) >= 11 is 1.34. The van der Waals surface area contributed by atoms with Crippen molar-refractivity contribution in [2.24, 2.45) is 0 Å². The van der Waals surface area contributed by atoms with E-state index in [0.717, 1.165) is 4.70 Å². The first-order valence-electron chi connectivity index (χ1n) is 7.83. The molecule has 1 aromatic heterocycles. The van der Waals surface area contributed by atoms with Gasteiger partial charge in [-0.05, 0) is 24.3 Å². The van der Waals surface area contributed by atoms with E-state index in [0.29, 0.717) is 33.5 Å². The van der Waals surface area contributed by atoms with Crippen molar-refractivity contribution in [3.63, 3.8) is 0 Å². The van der Waals surface area contributed by atoms with Crippen molar-refractivity contribution in [3.05, 3.63) is 42.0 Å². The van der Waals surface area contributed by atoms with E-state index in [4.69, 9.17) is 29.8 Å². The lowest BCUT2D eigenvalue weighted by molar-refractivity contribution is 0.356. The zero-order valence-electron chi connectivity index (χ0n) is 15.0. The molecule has 0 bridgehead atoms. The van der Waals surface area contributed by atoms with E-state index in [2.05, 4.69) is 10.3 Å². The average Bonchev–Trinajstić information content (AvgIpc) is 3.07. The minimum Gasteiger partial charge on any atom is -0.497 e. The number of fused-ring (bicyclic) bond motifs is 1. The third-order valence-electron chi connectivity index (χ3n) is 3.67. The van der Waals surface area contributed by atoms with E-state index < -0.39 is 0 Å². The van der Waals surface area contributed by atoms with Gasteiger partial charge in [0.2, 0.25) is 5.90 Å². The van der Waals surface area contributed by atoms with Gasteiger partial charge in [0, 0.05) is 17.7 Å². The fourth-order valence-electron chi connectivity index (χ4n) is 2.33. The highest BCUT2D eigenvalue weighted by atomic mass is 32.1. The lowest BCUT2D eigenvalue weighted by atomic mass is 10.2. The molecular weight excluding hydrogens is 368 g/mol. The Labute approximate surface area is 159 Å². The lowest BCUT2D eigenvalue weighted by Crippen LogP contribution is -2.19. The zero-order valence-corrected chi connectivity index (χ0v) is 15.8. The summed E-state index contributed by atoms with van der Waals surface area (Å²) < 4.78 is 21.7. The van der Waals surface area contributed by atoms with Crippen molar-refractivity contribution in [1.29, 1.82) is 10.8 Å². The standard InChI is InChI=1S/C18H18N4O4S/c1-23-11-6-4-10(5-7-11)16(19)26-17(20)22-18-21-12-8-13(24-2)14(25-3)9-15(12)27-18/h4-9,19H,1-3H3,(H2,20,21,22). The smallest absolute Gasteiger partial charge is 0.295 e. The lowest BCUT2D eigenvalue weighted by Gasteiger charge is -2.08. The van der Waals surface area contributed by atoms with Crippen LogP contribution in [0.4, 0.5) is 5.13 Å². The van der Waals surface area contributed by atoms with Crippen molar-refractivity contribution in [1.82, 2.24) is 4.98 Å². The van der Waals surface area contributed by atoms with Crippen LogP contribution in [0.1, 0.15) is 5.56 Å². The molecule has 3 aromatic rings. The van der Waals surface area contributed by atoms with Gasteiger partial charge < -0.3 is 18.9 Å². The Bertz CT molecular complexity index is 944. The van der Waals surface area contributed by atoms with Crippen molar-refractivity contribution < 1.29 is 18.9 Å². The van der Waals surface area contributed by atoms with E-state index >= 15 is 0 Å². The predicted octanol–water partition coefficient (Wildman–Crippen LogP) is 3.71. The molecular formula is C18H18N4O4S. The molecule has 0 amide bonds. The van der Waals surface area contributed by atoms with Gasteiger partial charge in [0.05, 0.1) is 31.5 Å². The molecule has 0 unspecified atom stereocenters. The van der Waals surface area contributed by atoms with Crippen LogP contribution in [0.2, 0.25) is 0 Å². The molecule has 0 fully saturated rings. The number of rotatable bonds is 5. The summed E-state index contributed by atoms with van der Waals surface area (Å²) in [4.78, 5) is 4.40. The van der Waals surface area contributed by atoms with Gasteiger partial charge in [0.15, 0.2) is 16.6 Å². The van der Waals surface area contributed by atoms with Crippen LogP contribution in [-0.2, 0) is 4.74 Å². The van der Waals surface area contributed by atoms with Crippen molar-refractivity contribution in [2.45, 2.75) is 0 Å². The van der Waals surface area contributed by atoms with E-state index in [-0.39, 0.29) is 11.9 Å². The minimum atomic E-state index is -0.297. The second-order valence-corrected chi connectivity index (χ2v) is 6.34. The first kappa shape index (κ1) is 18.5. The van der Waals surface area contributed by atoms with Gasteiger partial charge in [-0.2, -0.15) is 0 Å². The monoisotopic (exact) mass is 386 g/mol. The third-order valence-corrected chi connectivity index (χ3v) is 4.60. The second-order valence-electron chi connectivity index (χ2n) is 5.31. The van der Waals surface area contributed by atoms with Gasteiger partial charge >= 0.3 is 0 Å². The number of aromatic nitrogens is 1. The van der Waals surface area contributed by atoms with Gasteiger partial charge in [-0.1, -0.05) is 11.3 Å². The molecule has 1 heterocycles. The summed E-state index contributed by atoms with van der Waals surface area (Å²) in [6, 6.07) is 10.1. The Morgan fingerprint density at radius 2 is 1.63 bits per heavy atom. The Balaban J connectivity index is 1.70. The summed E-state index contributed by atoms with van der Waals surface area (Å²) in [5.41, 5.74) is 1.24. The topological polar surface area (TPSA) is 110 Å². The second kappa shape index (κ2) is 7.92. The molecule has 0 saturated carbocycles. The van der Waals surface area contributed by atoms with Crippen LogP contribution in [0.15, 0.2) is 36.4 Å². The molecule has 0 spiro atoms. The van der Waals surface area contributed by atoms with Crippen molar-refractivity contribution >= 4 is 38.6 Å². The fraction of sp³-hybridized carbons (Fsp3) is 0.167. The summed E-state index contributed by atoms with van der Waals surface area (Å²) in [5, 5.41) is 19.1. The molecule has 9 heteroatoms. The molecule has 0 saturated heterocycles. The number of thiazole rings is 1. The quantitative estimate of drug-likeness (QED) is 0.455. The van der Waals surface area contributed by atoms with Gasteiger partial charge in [-0.3, -0.25) is 16.1 Å². The van der Waals surface area contributed by atoms with Crippen LogP contribution in [0, 0.1) is 10.8 Å². The molecule has 0 radical (unpaired) electrons. The number of benzene rings is 2. The maximum absolute atomic E-state index is 7.97. The number of anilines is 1. The highest BCUT2D eigenvalue weighted by Crippen LogP contribution is 2.36. The van der Waals surface area contributed by atoms with Gasteiger partial charge in [-0.15, -0.1) is 0 Å². The normalized spacial score (nSPS) is 10.3. The van der Waals surface area contributed by atoms with Crippen LogP contribution in [0.5, 0.6) is 17.2 Å². The largest absolute Gasteiger partial charge is 0.497 e. The molecule has 2 aromatic carbocycles. The van der Waals surface area contributed by atoms with E-state index in [1.165, 1.54) is 11.3 Å². The molecule has 8 nitrogen and oxygen atoms in total. The Morgan fingerprint density at radius 1 is 0.963 bits per heavy atom. The zero-order chi connectivity index (χ0) is 19.4. The van der Waals surface area contributed by atoms with Crippen LogP contribution >= 0.6 is 11.3 Å². The number of nitrogens with zero attached hydrogens (tertiary/aromatic N) is 1. The molecule has 27 heavy (non-hydrogen) atoms. The summed E-state index contributed by atoms with van der Waals surface area (Å²) in [6.07, 6.45) is 0. The number of hydrogen-bond acceptors (Lipinski definition) is 8. The minimum absolute atomic E-state index is 0.153. The Hall–Kier alpha value is -3.33. The number of ether oxygens (including phenoxy) is 4. The van der Waals surface area contributed by atoms with Gasteiger partial charge in [0.25, 0.3) is 6.02 Å². The first-order chi connectivity index (χ1) is 13.0. The maximum Gasteiger partial charge on any atom is 0.295 e. The van der Waals surface area contributed by atoms with Crippen LogP contribution in [-0.4, -0.2) is 38.2 Å². The number of methoxy groups -OCH3 is 3. The summed E-state index contributed by atoms with van der Waals surface area (Å²) in [7, 11) is 4.70. The Morgan fingerprint density at radius 3 is 2.26 bits per heavy atom. The summed E-state index contributed by atoms with van der Waals surface area (Å²) in [6.45, 7) is 0. The molecule has 0 aliphatic heterocycles. The SMILES string of the molecule is COc1ccc(C(=N)OC(=N)Nc2nc3cc(OC)c(OC)cc3s2)cc1. The molecule has 3 N–H and O–H groups in total. The van der Waals surface area contributed by atoms with Gasteiger partial charge in [-0.25, -0.2) is 4.98 Å². The van der Waals surface area contributed by atoms with Crippen LogP contribution < -0.4 is 19.5 Å².